The molecule has 0 saturated carbocycles. The van der Waals surface area contributed by atoms with Crippen molar-refractivity contribution >= 4 is 28.4 Å². The molecule has 106 valence electrons. The summed E-state index contributed by atoms with van der Waals surface area (Å²) in [4.78, 5) is 11.3. The number of hydrogen-bond donors (Lipinski definition) is 1. The third-order valence-electron chi connectivity index (χ3n) is 2.97. The van der Waals surface area contributed by atoms with Gasteiger partial charge in [0, 0.05) is 11.5 Å². The van der Waals surface area contributed by atoms with Gasteiger partial charge in [0.2, 0.25) is 5.06 Å². The van der Waals surface area contributed by atoms with Crippen molar-refractivity contribution in [3.8, 4) is 16.6 Å². The van der Waals surface area contributed by atoms with E-state index in [2.05, 4.69) is 4.37 Å². The predicted molar refractivity (Wildman–Crippen MR) is 79.6 cm³/mol. The minimum absolute atomic E-state index is 0.0480. The molecular weight excluding hydrogens is 290 g/mol. The second-order valence-corrected chi connectivity index (χ2v) is 4.97. The van der Waals surface area contributed by atoms with Crippen LogP contribution in [0.3, 0.4) is 0 Å². The van der Waals surface area contributed by atoms with Crippen molar-refractivity contribution in [2.75, 3.05) is 7.11 Å². The van der Waals surface area contributed by atoms with Gasteiger partial charge in [-0.05, 0) is 24.3 Å². The molecule has 0 aliphatic heterocycles. The summed E-state index contributed by atoms with van der Waals surface area (Å²) in [6.07, 6.45) is 0. The Morgan fingerprint density at radius 1 is 1.19 bits per heavy atom. The van der Waals surface area contributed by atoms with Crippen molar-refractivity contribution in [3.63, 3.8) is 0 Å². The fourth-order valence-corrected chi connectivity index (χ4v) is 2.71. The number of nitrogens with zero attached hydrogens (tertiary/aromatic N) is 1. The molecule has 0 aliphatic carbocycles. The first-order chi connectivity index (χ1) is 10.2. The molecule has 0 aliphatic rings. The Kier molecular flexibility index (Phi) is 3.45. The molecule has 0 bridgehead atoms. The number of fused-ring (bicyclic) bond motifs is 1. The first kappa shape index (κ1) is 13.4. The number of ether oxygens (including phenoxy) is 2. The van der Waals surface area contributed by atoms with Gasteiger partial charge in [0.05, 0.1) is 18.0 Å². The van der Waals surface area contributed by atoms with Crippen LogP contribution < -0.4 is 9.47 Å². The molecular formula is C15H11NO4S. The standard InChI is InChI=1S/C15H11NO4S/c1-19-12-8-4-6-10(14(17)18)13(12)20-15-9-5-2-3-7-11(9)16-21-15/h2-8H,1H3,(H,17,18). The molecule has 1 heterocycles. The highest BCUT2D eigenvalue weighted by Crippen LogP contribution is 2.39. The van der Waals surface area contributed by atoms with Gasteiger partial charge >= 0.3 is 5.97 Å². The van der Waals surface area contributed by atoms with Gasteiger partial charge in [-0.15, -0.1) is 0 Å². The van der Waals surface area contributed by atoms with Crippen LogP contribution in [0, 0.1) is 0 Å². The van der Waals surface area contributed by atoms with E-state index in [1.807, 2.05) is 24.3 Å². The number of methoxy groups -OCH3 is 1. The van der Waals surface area contributed by atoms with Crippen LogP contribution in [0.4, 0.5) is 0 Å². The Morgan fingerprint density at radius 3 is 2.76 bits per heavy atom. The number of rotatable bonds is 4. The van der Waals surface area contributed by atoms with Crippen LogP contribution >= 0.6 is 11.5 Å². The molecule has 3 rings (SSSR count). The highest BCUT2D eigenvalue weighted by Gasteiger charge is 2.19. The molecule has 5 nitrogen and oxygen atoms in total. The number of para-hydroxylation sites is 1. The van der Waals surface area contributed by atoms with Gasteiger partial charge in [-0.1, -0.05) is 18.2 Å². The molecule has 0 spiro atoms. The number of aromatic nitrogens is 1. The van der Waals surface area contributed by atoms with Crippen LogP contribution in [-0.4, -0.2) is 22.6 Å². The van der Waals surface area contributed by atoms with Crippen LogP contribution in [-0.2, 0) is 0 Å². The smallest absolute Gasteiger partial charge is 0.339 e. The molecule has 0 atom stereocenters. The van der Waals surface area contributed by atoms with E-state index in [-0.39, 0.29) is 11.3 Å². The maximum absolute atomic E-state index is 11.3. The Bertz CT molecular complexity index is 812. The molecule has 0 radical (unpaired) electrons. The summed E-state index contributed by atoms with van der Waals surface area (Å²) >= 11 is 1.18. The molecule has 0 unspecified atom stereocenters. The minimum Gasteiger partial charge on any atom is -0.493 e. The van der Waals surface area contributed by atoms with Crippen LogP contribution in [0.5, 0.6) is 16.6 Å². The average molecular weight is 301 g/mol. The van der Waals surface area contributed by atoms with Crippen LogP contribution in [0.2, 0.25) is 0 Å². The number of hydrogen-bond acceptors (Lipinski definition) is 5. The number of carboxylic acids is 1. The van der Waals surface area contributed by atoms with Crippen molar-refractivity contribution in [1.82, 2.24) is 4.37 Å². The summed E-state index contributed by atoms with van der Waals surface area (Å²) in [5.74, 6) is -0.521. The van der Waals surface area contributed by atoms with Gasteiger partial charge in [-0.2, -0.15) is 4.37 Å². The monoisotopic (exact) mass is 301 g/mol. The normalized spacial score (nSPS) is 10.5. The first-order valence-electron chi connectivity index (χ1n) is 6.13. The number of carboxylic acid groups (broad SMARTS) is 1. The maximum Gasteiger partial charge on any atom is 0.339 e. The van der Waals surface area contributed by atoms with Crippen LogP contribution in [0.25, 0.3) is 10.9 Å². The van der Waals surface area contributed by atoms with Crippen molar-refractivity contribution in [2.24, 2.45) is 0 Å². The van der Waals surface area contributed by atoms with Crippen molar-refractivity contribution in [2.45, 2.75) is 0 Å². The highest BCUT2D eigenvalue weighted by molar-refractivity contribution is 7.09. The summed E-state index contributed by atoms with van der Waals surface area (Å²) in [5.41, 5.74) is 0.858. The lowest BCUT2D eigenvalue weighted by atomic mass is 10.2. The predicted octanol–water partition coefficient (Wildman–Crippen LogP) is 3.80. The molecule has 3 aromatic rings. The zero-order valence-electron chi connectivity index (χ0n) is 11.1. The summed E-state index contributed by atoms with van der Waals surface area (Å²) in [7, 11) is 1.47. The quantitative estimate of drug-likeness (QED) is 0.794. The van der Waals surface area contributed by atoms with E-state index >= 15 is 0 Å². The summed E-state index contributed by atoms with van der Waals surface area (Å²) in [6, 6.07) is 12.3. The fraction of sp³-hybridized carbons (Fsp3) is 0.0667. The van der Waals surface area contributed by atoms with Crippen molar-refractivity contribution in [3.05, 3.63) is 48.0 Å². The Balaban J connectivity index is 2.11. The van der Waals surface area contributed by atoms with Crippen LogP contribution in [0.15, 0.2) is 42.5 Å². The third-order valence-corrected chi connectivity index (χ3v) is 3.73. The largest absolute Gasteiger partial charge is 0.493 e. The van der Waals surface area contributed by atoms with E-state index in [4.69, 9.17) is 9.47 Å². The summed E-state index contributed by atoms with van der Waals surface area (Å²) in [6.45, 7) is 0. The molecule has 1 aromatic heterocycles. The van der Waals surface area contributed by atoms with Gasteiger partial charge in [0.1, 0.15) is 5.56 Å². The number of carbonyl (C=O) groups is 1. The van der Waals surface area contributed by atoms with Crippen LogP contribution in [0.1, 0.15) is 10.4 Å². The Morgan fingerprint density at radius 2 is 2.00 bits per heavy atom. The number of aromatic carboxylic acids is 1. The maximum atomic E-state index is 11.3. The van der Waals surface area contributed by atoms with Gasteiger partial charge in [0.25, 0.3) is 0 Å². The summed E-state index contributed by atoms with van der Waals surface area (Å²) in [5, 5.41) is 10.7. The Hall–Kier alpha value is -2.60. The zero-order valence-corrected chi connectivity index (χ0v) is 11.9. The van der Waals surface area contributed by atoms with E-state index in [0.29, 0.717) is 10.8 Å². The first-order valence-corrected chi connectivity index (χ1v) is 6.90. The van der Waals surface area contributed by atoms with E-state index in [1.54, 1.807) is 12.1 Å². The molecule has 0 amide bonds. The molecule has 0 fully saturated rings. The van der Waals surface area contributed by atoms with Crippen molar-refractivity contribution < 1.29 is 19.4 Å². The third kappa shape index (κ3) is 2.41. The lowest BCUT2D eigenvalue weighted by molar-refractivity contribution is 0.0693. The minimum atomic E-state index is -1.07. The lowest BCUT2D eigenvalue weighted by Gasteiger charge is -2.11. The molecule has 2 aromatic carbocycles. The molecule has 0 saturated heterocycles. The highest BCUT2D eigenvalue weighted by atomic mass is 32.1. The van der Waals surface area contributed by atoms with E-state index in [9.17, 15) is 9.90 Å². The SMILES string of the molecule is COc1cccc(C(=O)O)c1Oc1snc2ccccc12. The van der Waals surface area contributed by atoms with Gasteiger partial charge in [-0.3, -0.25) is 0 Å². The van der Waals surface area contributed by atoms with Gasteiger partial charge in [-0.25, -0.2) is 4.79 Å². The molecule has 21 heavy (non-hydrogen) atoms. The van der Waals surface area contributed by atoms with E-state index in [0.717, 1.165) is 10.9 Å². The molecule has 1 N–H and O–H groups in total. The van der Waals surface area contributed by atoms with E-state index in [1.165, 1.54) is 24.7 Å². The second kappa shape index (κ2) is 5.41. The number of benzene rings is 2. The van der Waals surface area contributed by atoms with Gasteiger partial charge in [0.15, 0.2) is 11.5 Å². The van der Waals surface area contributed by atoms with E-state index < -0.39 is 5.97 Å². The topological polar surface area (TPSA) is 68.7 Å². The Labute approximate surface area is 124 Å². The summed E-state index contributed by atoms with van der Waals surface area (Å²) < 4.78 is 15.3. The van der Waals surface area contributed by atoms with Gasteiger partial charge < -0.3 is 14.6 Å². The fourth-order valence-electron chi connectivity index (χ4n) is 1.98. The lowest BCUT2D eigenvalue weighted by Crippen LogP contribution is -2.01. The zero-order chi connectivity index (χ0) is 14.8. The van der Waals surface area contributed by atoms with Crippen molar-refractivity contribution in [1.29, 1.82) is 0 Å². The average Bonchev–Trinajstić information content (AvgIpc) is 2.90. The second-order valence-electron chi connectivity index (χ2n) is 4.23. The molecule has 6 heteroatoms.